The second kappa shape index (κ2) is 5.50. The van der Waals surface area contributed by atoms with Gasteiger partial charge >= 0.3 is 0 Å². The van der Waals surface area contributed by atoms with Gasteiger partial charge in [-0.25, -0.2) is 4.98 Å². The Balaban J connectivity index is 2.21. The zero-order chi connectivity index (χ0) is 13.0. The quantitative estimate of drug-likeness (QED) is 0.890. The van der Waals surface area contributed by atoms with Crippen molar-refractivity contribution in [1.29, 1.82) is 5.26 Å². The highest BCUT2D eigenvalue weighted by atomic mass is 14.9. The highest BCUT2D eigenvalue weighted by molar-refractivity contribution is 5.34. The van der Waals surface area contributed by atoms with Gasteiger partial charge in [0, 0.05) is 12.4 Å². The zero-order valence-electron chi connectivity index (χ0n) is 10.7. The van der Waals surface area contributed by atoms with Gasteiger partial charge in [-0.1, -0.05) is 38.1 Å². The predicted molar refractivity (Wildman–Crippen MR) is 71.0 cm³/mol. The maximum atomic E-state index is 9.26. The van der Waals surface area contributed by atoms with Crippen molar-refractivity contribution in [2.75, 3.05) is 0 Å². The summed E-state index contributed by atoms with van der Waals surface area (Å²) in [6, 6.07) is 10.5. The van der Waals surface area contributed by atoms with Gasteiger partial charge in [-0.05, 0) is 23.5 Å². The maximum Gasteiger partial charge on any atom is 0.129 e. The second-order valence-corrected chi connectivity index (χ2v) is 4.88. The molecule has 0 aliphatic rings. The van der Waals surface area contributed by atoms with E-state index in [1.807, 2.05) is 12.1 Å². The smallest absolute Gasteiger partial charge is 0.129 e. The molecule has 1 aromatic heterocycles. The molecule has 1 atom stereocenters. The molecule has 0 spiro atoms. The standard InChI is InChI=1S/C15H17N3/c1-11(2)9-12-3-5-13(6-4-12)14(10-16)15-17-7-8-18-15/h3-8,11,14H,9H2,1-2H3,(H,17,18). The highest BCUT2D eigenvalue weighted by Gasteiger charge is 2.15. The lowest BCUT2D eigenvalue weighted by molar-refractivity contribution is 0.647. The fourth-order valence-electron chi connectivity index (χ4n) is 2.05. The summed E-state index contributed by atoms with van der Waals surface area (Å²) in [6.45, 7) is 4.41. The number of rotatable bonds is 4. The van der Waals surface area contributed by atoms with Crippen LogP contribution in [0.5, 0.6) is 0 Å². The Morgan fingerprint density at radius 2 is 2.00 bits per heavy atom. The molecular weight excluding hydrogens is 222 g/mol. The van der Waals surface area contributed by atoms with Gasteiger partial charge in [0.2, 0.25) is 0 Å². The van der Waals surface area contributed by atoms with Crippen molar-refractivity contribution in [2.45, 2.75) is 26.2 Å². The maximum absolute atomic E-state index is 9.26. The molecule has 0 radical (unpaired) electrons. The molecule has 1 heterocycles. The summed E-state index contributed by atoms with van der Waals surface area (Å²) < 4.78 is 0. The Morgan fingerprint density at radius 1 is 1.28 bits per heavy atom. The molecule has 0 aliphatic heterocycles. The minimum atomic E-state index is -0.312. The molecule has 1 aromatic carbocycles. The van der Waals surface area contributed by atoms with E-state index in [1.54, 1.807) is 12.4 Å². The van der Waals surface area contributed by atoms with Crippen LogP contribution in [-0.2, 0) is 6.42 Å². The topological polar surface area (TPSA) is 52.5 Å². The molecular formula is C15H17N3. The van der Waals surface area contributed by atoms with Crippen molar-refractivity contribution >= 4 is 0 Å². The lowest BCUT2D eigenvalue weighted by atomic mass is 9.96. The van der Waals surface area contributed by atoms with E-state index in [9.17, 15) is 5.26 Å². The number of H-pyrrole nitrogens is 1. The van der Waals surface area contributed by atoms with Gasteiger partial charge in [-0.15, -0.1) is 0 Å². The number of aromatic nitrogens is 2. The minimum absolute atomic E-state index is 0.312. The molecule has 3 heteroatoms. The van der Waals surface area contributed by atoms with Gasteiger partial charge in [0.25, 0.3) is 0 Å². The van der Waals surface area contributed by atoms with Gasteiger partial charge in [-0.2, -0.15) is 5.26 Å². The fraction of sp³-hybridized carbons (Fsp3) is 0.333. The Bertz CT molecular complexity index is 518. The van der Waals surface area contributed by atoms with E-state index in [2.05, 4.69) is 42.0 Å². The first kappa shape index (κ1) is 12.4. The Hall–Kier alpha value is -2.08. The van der Waals surface area contributed by atoms with Crippen LogP contribution >= 0.6 is 0 Å². The van der Waals surface area contributed by atoms with E-state index in [-0.39, 0.29) is 5.92 Å². The van der Waals surface area contributed by atoms with Gasteiger partial charge < -0.3 is 4.98 Å². The predicted octanol–water partition coefficient (Wildman–Crippen LogP) is 3.26. The van der Waals surface area contributed by atoms with Crippen LogP contribution in [0.25, 0.3) is 0 Å². The largest absolute Gasteiger partial charge is 0.347 e. The minimum Gasteiger partial charge on any atom is -0.347 e. The molecule has 1 N–H and O–H groups in total. The third-order valence-electron chi connectivity index (χ3n) is 2.88. The van der Waals surface area contributed by atoms with Crippen LogP contribution < -0.4 is 0 Å². The Labute approximate surface area is 107 Å². The van der Waals surface area contributed by atoms with Crippen LogP contribution in [0, 0.1) is 17.2 Å². The molecule has 2 aromatic rings. The molecule has 0 aliphatic carbocycles. The Morgan fingerprint density at radius 3 is 2.50 bits per heavy atom. The molecule has 1 unspecified atom stereocenters. The van der Waals surface area contributed by atoms with Crippen molar-refractivity contribution in [2.24, 2.45) is 5.92 Å². The summed E-state index contributed by atoms with van der Waals surface area (Å²) in [5.74, 6) is 1.04. The average molecular weight is 239 g/mol. The van der Waals surface area contributed by atoms with Crippen LogP contribution in [0.2, 0.25) is 0 Å². The molecule has 0 fully saturated rings. The van der Waals surface area contributed by atoms with Crippen LogP contribution in [0.15, 0.2) is 36.7 Å². The molecule has 0 saturated heterocycles. The first-order valence-corrected chi connectivity index (χ1v) is 6.18. The molecule has 0 saturated carbocycles. The summed E-state index contributed by atoms with van der Waals surface area (Å²) in [5, 5.41) is 9.26. The number of hydrogen-bond donors (Lipinski definition) is 1. The van der Waals surface area contributed by atoms with E-state index in [0.717, 1.165) is 12.0 Å². The van der Waals surface area contributed by atoms with Gasteiger partial charge in [0.15, 0.2) is 0 Å². The number of aromatic amines is 1. The highest BCUT2D eigenvalue weighted by Crippen LogP contribution is 2.21. The monoisotopic (exact) mass is 239 g/mol. The number of nitrogens with one attached hydrogen (secondary N) is 1. The SMILES string of the molecule is CC(C)Cc1ccc(C(C#N)c2ncc[nH]2)cc1. The normalized spacial score (nSPS) is 12.3. The average Bonchev–Trinajstić information content (AvgIpc) is 2.85. The van der Waals surface area contributed by atoms with Crippen LogP contribution in [0.1, 0.15) is 36.7 Å². The van der Waals surface area contributed by atoms with E-state index < -0.39 is 0 Å². The molecule has 18 heavy (non-hydrogen) atoms. The first-order valence-electron chi connectivity index (χ1n) is 6.18. The van der Waals surface area contributed by atoms with Crippen LogP contribution in [0.4, 0.5) is 0 Å². The fourth-order valence-corrected chi connectivity index (χ4v) is 2.05. The second-order valence-electron chi connectivity index (χ2n) is 4.88. The van der Waals surface area contributed by atoms with Crippen LogP contribution in [0.3, 0.4) is 0 Å². The number of nitriles is 1. The van der Waals surface area contributed by atoms with Crippen LogP contribution in [-0.4, -0.2) is 9.97 Å². The molecule has 3 nitrogen and oxygen atoms in total. The van der Waals surface area contributed by atoms with Crippen molar-refractivity contribution in [1.82, 2.24) is 9.97 Å². The molecule has 2 rings (SSSR count). The van der Waals surface area contributed by atoms with Crippen molar-refractivity contribution in [3.8, 4) is 6.07 Å². The molecule has 0 amide bonds. The van der Waals surface area contributed by atoms with Gasteiger partial charge in [0.05, 0.1) is 6.07 Å². The number of hydrogen-bond acceptors (Lipinski definition) is 2. The molecule has 92 valence electrons. The summed E-state index contributed by atoms with van der Waals surface area (Å²) in [5.41, 5.74) is 2.30. The lowest BCUT2D eigenvalue weighted by Gasteiger charge is -2.09. The number of benzene rings is 1. The molecule has 0 bridgehead atoms. The zero-order valence-corrected chi connectivity index (χ0v) is 10.7. The van der Waals surface area contributed by atoms with E-state index in [0.29, 0.717) is 11.7 Å². The number of nitrogens with zero attached hydrogens (tertiary/aromatic N) is 2. The third kappa shape index (κ3) is 2.78. The van der Waals surface area contributed by atoms with Gasteiger partial charge in [0.1, 0.15) is 11.7 Å². The van der Waals surface area contributed by atoms with E-state index >= 15 is 0 Å². The summed E-state index contributed by atoms with van der Waals surface area (Å²) in [6.07, 6.45) is 4.48. The Kier molecular flexibility index (Phi) is 3.78. The van der Waals surface area contributed by atoms with Crippen molar-refractivity contribution in [3.05, 3.63) is 53.6 Å². The first-order chi connectivity index (χ1) is 8.70. The van der Waals surface area contributed by atoms with Gasteiger partial charge in [-0.3, -0.25) is 0 Å². The van der Waals surface area contributed by atoms with E-state index in [4.69, 9.17) is 0 Å². The van der Waals surface area contributed by atoms with Crippen molar-refractivity contribution < 1.29 is 0 Å². The lowest BCUT2D eigenvalue weighted by Crippen LogP contribution is -2.01. The summed E-state index contributed by atoms with van der Waals surface area (Å²) >= 11 is 0. The number of imidazole rings is 1. The summed E-state index contributed by atoms with van der Waals surface area (Å²) in [7, 11) is 0. The summed E-state index contributed by atoms with van der Waals surface area (Å²) in [4.78, 5) is 7.16. The third-order valence-corrected chi connectivity index (χ3v) is 2.88. The van der Waals surface area contributed by atoms with E-state index in [1.165, 1.54) is 5.56 Å². The van der Waals surface area contributed by atoms with Crippen molar-refractivity contribution in [3.63, 3.8) is 0 Å².